The van der Waals surface area contributed by atoms with Crippen LogP contribution >= 0.6 is 0 Å². The number of amides is 1. The summed E-state index contributed by atoms with van der Waals surface area (Å²) in [5, 5.41) is 23.0. The first kappa shape index (κ1) is 18.0. The lowest BCUT2D eigenvalue weighted by Crippen LogP contribution is -2.30. The lowest BCUT2D eigenvalue weighted by molar-refractivity contribution is -0.123. The first-order valence-electron chi connectivity index (χ1n) is 8.21. The Morgan fingerprint density at radius 3 is 2.33 bits per heavy atom. The summed E-state index contributed by atoms with van der Waals surface area (Å²) in [6.45, 7) is 1.44. The van der Waals surface area contributed by atoms with Crippen LogP contribution < -0.4 is 5.32 Å². The van der Waals surface area contributed by atoms with Crippen molar-refractivity contribution in [1.82, 2.24) is 0 Å². The van der Waals surface area contributed by atoms with Crippen molar-refractivity contribution in [3.05, 3.63) is 71.8 Å². The molecule has 0 unspecified atom stereocenters. The van der Waals surface area contributed by atoms with Crippen molar-refractivity contribution in [2.45, 2.75) is 13.0 Å². The Morgan fingerprint density at radius 2 is 1.70 bits per heavy atom. The van der Waals surface area contributed by atoms with Gasteiger partial charge in [-0.05, 0) is 54.1 Å². The molecule has 0 aliphatic heterocycles. The van der Waals surface area contributed by atoms with Gasteiger partial charge in [-0.25, -0.2) is 4.79 Å². The van der Waals surface area contributed by atoms with Crippen LogP contribution in [0.3, 0.4) is 0 Å². The number of rotatable bonds is 4. The molecule has 0 heterocycles. The summed E-state index contributed by atoms with van der Waals surface area (Å²) < 4.78 is 5.18. The number of anilines is 1. The number of phenols is 1. The van der Waals surface area contributed by atoms with Gasteiger partial charge in [0.15, 0.2) is 6.10 Å². The molecular weight excluding hydrogens is 344 g/mol. The molecule has 0 aliphatic carbocycles. The van der Waals surface area contributed by atoms with Crippen LogP contribution in [0.2, 0.25) is 0 Å². The zero-order chi connectivity index (χ0) is 19.4. The highest BCUT2D eigenvalue weighted by atomic mass is 16.5. The molecule has 1 amide bonds. The summed E-state index contributed by atoms with van der Waals surface area (Å²) >= 11 is 0. The van der Waals surface area contributed by atoms with Crippen molar-refractivity contribution in [2.75, 3.05) is 5.32 Å². The van der Waals surface area contributed by atoms with E-state index in [1.165, 1.54) is 19.1 Å². The molecule has 3 aromatic carbocycles. The fourth-order valence-corrected chi connectivity index (χ4v) is 2.54. The first-order valence-corrected chi connectivity index (χ1v) is 8.21. The molecule has 27 heavy (non-hydrogen) atoms. The smallest absolute Gasteiger partial charge is 0.342 e. The fourth-order valence-electron chi connectivity index (χ4n) is 2.54. The van der Waals surface area contributed by atoms with E-state index in [1.54, 1.807) is 24.3 Å². The Morgan fingerprint density at radius 1 is 1.07 bits per heavy atom. The van der Waals surface area contributed by atoms with Crippen molar-refractivity contribution < 1.29 is 19.4 Å². The van der Waals surface area contributed by atoms with Gasteiger partial charge in [0.2, 0.25) is 0 Å². The predicted molar refractivity (Wildman–Crippen MR) is 100 cm³/mol. The Labute approximate surface area is 155 Å². The first-order chi connectivity index (χ1) is 13.0. The van der Waals surface area contributed by atoms with E-state index in [2.05, 4.69) is 5.32 Å². The molecule has 6 nitrogen and oxygen atoms in total. The van der Waals surface area contributed by atoms with E-state index in [0.29, 0.717) is 11.3 Å². The summed E-state index contributed by atoms with van der Waals surface area (Å²) in [4.78, 5) is 24.6. The molecule has 1 atom stereocenters. The number of nitrogens with one attached hydrogen (secondary N) is 1. The number of phenolic OH excluding ortho intramolecular Hbond substituents is 1. The normalized spacial score (nSPS) is 11.4. The molecule has 3 rings (SSSR count). The van der Waals surface area contributed by atoms with Crippen molar-refractivity contribution in [1.29, 1.82) is 5.26 Å². The molecule has 0 bridgehead atoms. The van der Waals surface area contributed by atoms with Gasteiger partial charge in [0, 0.05) is 5.69 Å². The maximum Gasteiger partial charge on any atom is 0.342 e. The van der Waals surface area contributed by atoms with Crippen LogP contribution in [0.1, 0.15) is 22.8 Å². The van der Waals surface area contributed by atoms with Crippen LogP contribution in [0.4, 0.5) is 5.69 Å². The zero-order valence-electron chi connectivity index (χ0n) is 14.5. The summed E-state index contributed by atoms with van der Waals surface area (Å²) in [6, 6.07) is 18.6. The average molecular weight is 360 g/mol. The Balaban J connectivity index is 1.70. The molecule has 0 saturated heterocycles. The van der Waals surface area contributed by atoms with Gasteiger partial charge in [-0.15, -0.1) is 0 Å². The van der Waals surface area contributed by atoms with Crippen LogP contribution in [-0.2, 0) is 9.53 Å². The highest BCUT2D eigenvalue weighted by Gasteiger charge is 2.21. The molecule has 0 aliphatic rings. The second-order valence-electron chi connectivity index (χ2n) is 5.94. The van der Waals surface area contributed by atoms with Crippen molar-refractivity contribution in [3.63, 3.8) is 0 Å². The van der Waals surface area contributed by atoms with Gasteiger partial charge in [0.05, 0.1) is 11.6 Å². The van der Waals surface area contributed by atoms with E-state index in [1.807, 2.05) is 30.3 Å². The Bertz CT molecular complexity index is 1050. The summed E-state index contributed by atoms with van der Waals surface area (Å²) in [7, 11) is 0. The molecule has 0 fully saturated rings. The summed E-state index contributed by atoms with van der Waals surface area (Å²) in [5.41, 5.74) is 0.946. The van der Waals surface area contributed by atoms with Gasteiger partial charge in [0.1, 0.15) is 11.3 Å². The standard InChI is InChI=1S/C21H16N2O4/c1-13(20(25)23-17-8-6-14(12-22)7-9-17)27-21(26)18-10-15-4-2-3-5-16(15)11-19(18)24/h2-11,13,24H,1H3,(H,23,25)/t13-/m1/s1. The number of nitrogens with zero attached hydrogens (tertiary/aromatic N) is 1. The highest BCUT2D eigenvalue weighted by molar-refractivity contribution is 6.01. The number of nitriles is 1. The number of ether oxygens (including phenoxy) is 1. The number of carbonyl (C=O) groups is 2. The van der Waals surface area contributed by atoms with Gasteiger partial charge >= 0.3 is 5.97 Å². The van der Waals surface area contributed by atoms with Gasteiger partial charge in [-0.3, -0.25) is 4.79 Å². The third-order valence-corrected chi connectivity index (χ3v) is 4.02. The predicted octanol–water partition coefficient (Wildman–Crippen LogP) is 3.60. The minimum Gasteiger partial charge on any atom is -0.507 e. The van der Waals surface area contributed by atoms with Crippen molar-refractivity contribution in [3.8, 4) is 11.8 Å². The quantitative estimate of drug-likeness (QED) is 0.693. The highest BCUT2D eigenvalue weighted by Crippen LogP contribution is 2.26. The second kappa shape index (κ2) is 7.58. The lowest BCUT2D eigenvalue weighted by atomic mass is 10.1. The fraction of sp³-hybridized carbons (Fsp3) is 0.0952. The molecular formula is C21H16N2O4. The van der Waals surface area contributed by atoms with Crippen LogP contribution in [-0.4, -0.2) is 23.1 Å². The maximum atomic E-state index is 12.4. The zero-order valence-corrected chi connectivity index (χ0v) is 14.5. The molecule has 0 spiro atoms. The van der Waals surface area contributed by atoms with Gasteiger partial charge in [0.25, 0.3) is 5.91 Å². The number of benzene rings is 3. The number of hydrogen-bond acceptors (Lipinski definition) is 5. The van der Waals surface area contributed by atoms with Crippen molar-refractivity contribution in [2.24, 2.45) is 0 Å². The molecule has 0 aromatic heterocycles. The maximum absolute atomic E-state index is 12.4. The van der Waals surface area contributed by atoms with E-state index in [-0.39, 0.29) is 11.3 Å². The SMILES string of the molecule is C[C@@H](OC(=O)c1cc2ccccc2cc1O)C(=O)Nc1ccc(C#N)cc1. The van der Waals surface area contributed by atoms with E-state index < -0.39 is 18.0 Å². The number of aromatic hydroxyl groups is 1. The van der Waals surface area contributed by atoms with Gasteiger partial charge in [-0.2, -0.15) is 5.26 Å². The molecule has 3 aromatic rings. The van der Waals surface area contributed by atoms with E-state index in [0.717, 1.165) is 10.8 Å². The Hall–Kier alpha value is -3.85. The molecule has 0 radical (unpaired) electrons. The van der Waals surface area contributed by atoms with Crippen molar-refractivity contribution >= 4 is 28.3 Å². The number of carbonyl (C=O) groups excluding carboxylic acids is 2. The van der Waals surface area contributed by atoms with E-state index in [9.17, 15) is 14.7 Å². The van der Waals surface area contributed by atoms with E-state index >= 15 is 0 Å². The molecule has 0 saturated carbocycles. The van der Waals surface area contributed by atoms with Crippen LogP contribution in [0.25, 0.3) is 10.8 Å². The molecule has 6 heteroatoms. The monoisotopic (exact) mass is 360 g/mol. The minimum absolute atomic E-state index is 0.00766. The lowest BCUT2D eigenvalue weighted by Gasteiger charge is -2.14. The molecule has 134 valence electrons. The van der Waals surface area contributed by atoms with Crippen LogP contribution in [0.5, 0.6) is 5.75 Å². The summed E-state index contributed by atoms with van der Waals surface area (Å²) in [6.07, 6.45) is -1.07. The third kappa shape index (κ3) is 4.05. The average Bonchev–Trinajstić information content (AvgIpc) is 2.67. The minimum atomic E-state index is -1.07. The summed E-state index contributed by atoms with van der Waals surface area (Å²) in [5.74, 6) is -1.52. The van der Waals surface area contributed by atoms with E-state index in [4.69, 9.17) is 10.00 Å². The van der Waals surface area contributed by atoms with Gasteiger partial charge < -0.3 is 15.2 Å². The number of esters is 1. The Kier molecular flexibility index (Phi) is 5.04. The van der Waals surface area contributed by atoms with Gasteiger partial charge in [-0.1, -0.05) is 24.3 Å². The number of hydrogen-bond donors (Lipinski definition) is 2. The largest absolute Gasteiger partial charge is 0.507 e. The number of fused-ring (bicyclic) bond motifs is 1. The second-order valence-corrected chi connectivity index (χ2v) is 5.94. The van der Waals surface area contributed by atoms with Crippen LogP contribution in [0, 0.1) is 11.3 Å². The van der Waals surface area contributed by atoms with Crippen LogP contribution in [0.15, 0.2) is 60.7 Å². The molecule has 2 N–H and O–H groups in total. The topological polar surface area (TPSA) is 99.4 Å². The third-order valence-electron chi connectivity index (χ3n) is 4.02.